The van der Waals surface area contributed by atoms with E-state index in [4.69, 9.17) is 4.42 Å². The Balaban J connectivity index is 1.51. The van der Waals surface area contributed by atoms with Crippen LogP contribution in [0.3, 0.4) is 0 Å². The number of nitrogens with zero attached hydrogens (tertiary/aromatic N) is 1. The fourth-order valence-electron chi connectivity index (χ4n) is 3.02. The lowest BCUT2D eigenvalue weighted by Gasteiger charge is -2.32. The third kappa shape index (κ3) is 4.66. The lowest BCUT2D eigenvalue weighted by molar-refractivity contribution is -0.121. The molecule has 4 amide bonds. The van der Waals surface area contributed by atoms with Crippen molar-refractivity contribution in [3.05, 3.63) is 54.0 Å². The molecule has 3 N–H and O–H groups in total. The number of hydrogen-bond donors (Lipinski definition) is 3. The van der Waals surface area contributed by atoms with Crippen LogP contribution in [-0.4, -0.2) is 35.8 Å². The van der Waals surface area contributed by atoms with Gasteiger partial charge in [0.25, 0.3) is 5.91 Å². The van der Waals surface area contributed by atoms with Gasteiger partial charge in [0.1, 0.15) is 5.76 Å². The van der Waals surface area contributed by atoms with E-state index in [9.17, 15) is 14.4 Å². The maximum absolute atomic E-state index is 12.4. The molecule has 0 saturated carbocycles. The molecular formula is C19H22N4O4. The second kappa shape index (κ2) is 8.39. The fraction of sp³-hybridized carbons (Fsp3) is 0.316. The summed E-state index contributed by atoms with van der Waals surface area (Å²) in [5.74, 6) is -0.393. The van der Waals surface area contributed by atoms with Crippen LogP contribution in [0.1, 0.15) is 29.0 Å². The molecule has 0 unspecified atom stereocenters. The zero-order valence-electron chi connectivity index (χ0n) is 15.0. The van der Waals surface area contributed by atoms with Crippen LogP contribution in [0.15, 0.2) is 47.1 Å². The van der Waals surface area contributed by atoms with Gasteiger partial charge in [-0.1, -0.05) is 18.2 Å². The van der Waals surface area contributed by atoms with E-state index in [2.05, 4.69) is 16.2 Å². The van der Waals surface area contributed by atoms with Crippen molar-refractivity contribution in [1.29, 1.82) is 0 Å². The second-order valence-electron chi connectivity index (χ2n) is 6.42. The van der Waals surface area contributed by atoms with Gasteiger partial charge in [0, 0.05) is 18.8 Å². The Bertz CT molecular complexity index is 818. The van der Waals surface area contributed by atoms with Gasteiger partial charge < -0.3 is 14.6 Å². The molecule has 0 bridgehead atoms. The smallest absolute Gasteiger partial charge is 0.336 e. The summed E-state index contributed by atoms with van der Waals surface area (Å²) in [6.07, 6.45) is 2.84. The number of rotatable bonds is 3. The lowest BCUT2D eigenvalue weighted by atomic mass is 9.97. The number of piperidine rings is 1. The van der Waals surface area contributed by atoms with Gasteiger partial charge in [-0.2, -0.15) is 0 Å². The number of likely N-dealkylation sites (tertiary alicyclic amines) is 1. The molecule has 8 nitrogen and oxygen atoms in total. The molecule has 1 saturated heterocycles. The minimum absolute atomic E-state index is 0.114. The maximum Gasteiger partial charge on any atom is 0.336 e. The van der Waals surface area contributed by atoms with Gasteiger partial charge in [0.15, 0.2) is 0 Å². The number of aryl methyl sites for hydroxylation is 1. The molecule has 2 aromatic rings. The first-order valence-electron chi connectivity index (χ1n) is 8.80. The monoisotopic (exact) mass is 370 g/mol. The summed E-state index contributed by atoms with van der Waals surface area (Å²) >= 11 is 0. The van der Waals surface area contributed by atoms with Crippen LogP contribution in [0, 0.1) is 12.8 Å². The summed E-state index contributed by atoms with van der Waals surface area (Å²) < 4.78 is 5.07. The van der Waals surface area contributed by atoms with E-state index in [1.807, 2.05) is 30.3 Å². The van der Waals surface area contributed by atoms with E-state index in [0.717, 1.165) is 12.1 Å². The standard InChI is InChI=1S/C19H22N4O4/c1-13-16(9-11-27-13)18(25)21-22-19(26)23-10-5-6-14(12-23)17(24)20-15-7-3-2-4-8-15/h2-4,7-9,11,14H,5-6,10,12H2,1H3,(H,20,24)(H,21,25)(H,22,26)/t14-/m1/s1. The van der Waals surface area contributed by atoms with Crippen molar-refractivity contribution in [2.24, 2.45) is 5.92 Å². The highest BCUT2D eigenvalue weighted by atomic mass is 16.3. The summed E-state index contributed by atoms with van der Waals surface area (Å²) in [5, 5.41) is 2.87. The van der Waals surface area contributed by atoms with Crippen molar-refractivity contribution in [2.45, 2.75) is 19.8 Å². The average Bonchev–Trinajstić information content (AvgIpc) is 3.12. The molecule has 8 heteroatoms. The number of benzene rings is 1. The number of nitrogens with one attached hydrogen (secondary N) is 3. The number of carbonyl (C=O) groups excluding carboxylic acids is 3. The van der Waals surface area contributed by atoms with Gasteiger partial charge in [-0.15, -0.1) is 0 Å². The van der Waals surface area contributed by atoms with Crippen molar-refractivity contribution in [2.75, 3.05) is 18.4 Å². The van der Waals surface area contributed by atoms with E-state index in [1.165, 1.54) is 17.2 Å². The summed E-state index contributed by atoms with van der Waals surface area (Å²) in [7, 11) is 0. The molecule has 0 radical (unpaired) electrons. The number of urea groups is 1. The van der Waals surface area contributed by atoms with Crippen LogP contribution in [0.25, 0.3) is 0 Å². The number of anilines is 1. The molecule has 1 atom stereocenters. The zero-order chi connectivity index (χ0) is 19.2. The third-order valence-corrected chi connectivity index (χ3v) is 4.51. The number of furan rings is 1. The Morgan fingerprint density at radius 3 is 2.59 bits per heavy atom. The van der Waals surface area contributed by atoms with Crippen molar-refractivity contribution in [3.63, 3.8) is 0 Å². The van der Waals surface area contributed by atoms with Crippen LogP contribution in [0.5, 0.6) is 0 Å². The zero-order valence-corrected chi connectivity index (χ0v) is 15.0. The summed E-state index contributed by atoms with van der Waals surface area (Å²) in [5.41, 5.74) is 5.84. The molecule has 27 heavy (non-hydrogen) atoms. The molecule has 1 aromatic carbocycles. The highest BCUT2D eigenvalue weighted by Gasteiger charge is 2.28. The van der Waals surface area contributed by atoms with Crippen LogP contribution >= 0.6 is 0 Å². The molecule has 142 valence electrons. The number of carbonyl (C=O) groups is 3. The maximum atomic E-state index is 12.4. The molecule has 0 spiro atoms. The largest absolute Gasteiger partial charge is 0.469 e. The van der Waals surface area contributed by atoms with E-state index < -0.39 is 11.9 Å². The van der Waals surface area contributed by atoms with E-state index in [0.29, 0.717) is 30.8 Å². The van der Waals surface area contributed by atoms with Gasteiger partial charge in [-0.3, -0.25) is 15.0 Å². The first-order valence-corrected chi connectivity index (χ1v) is 8.80. The van der Waals surface area contributed by atoms with Crippen molar-refractivity contribution in [3.8, 4) is 0 Å². The van der Waals surface area contributed by atoms with E-state index in [1.54, 1.807) is 6.92 Å². The summed E-state index contributed by atoms with van der Waals surface area (Å²) in [6, 6.07) is 10.3. The number of hydrazine groups is 1. The van der Waals surface area contributed by atoms with Crippen molar-refractivity contribution < 1.29 is 18.8 Å². The number of amides is 4. The molecular weight excluding hydrogens is 348 g/mol. The van der Waals surface area contributed by atoms with E-state index in [-0.39, 0.29) is 11.8 Å². The molecule has 1 aromatic heterocycles. The SMILES string of the molecule is Cc1occc1C(=O)NNC(=O)N1CCC[C@@H](C(=O)Nc2ccccc2)C1. The van der Waals surface area contributed by atoms with Gasteiger partial charge >= 0.3 is 6.03 Å². The van der Waals surface area contributed by atoms with Crippen molar-refractivity contribution in [1.82, 2.24) is 15.8 Å². The fourth-order valence-corrected chi connectivity index (χ4v) is 3.02. The summed E-state index contributed by atoms with van der Waals surface area (Å²) in [4.78, 5) is 38.3. The second-order valence-corrected chi connectivity index (χ2v) is 6.42. The first-order chi connectivity index (χ1) is 13.0. The normalized spacial score (nSPS) is 16.5. The quantitative estimate of drug-likeness (QED) is 0.721. The van der Waals surface area contributed by atoms with Crippen molar-refractivity contribution >= 4 is 23.5 Å². The molecule has 1 aliphatic heterocycles. The number of hydrogen-bond acceptors (Lipinski definition) is 4. The van der Waals surface area contributed by atoms with Gasteiger partial charge in [-0.25, -0.2) is 10.2 Å². The third-order valence-electron chi connectivity index (χ3n) is 4.51. The molecule has 2 heterocycles. The lowest BCUT2D eigenvalue weighted by Crippen LogP contribution is -2.52. The minimum Gasteiger partial charge on any atom is -0.469 e. The van der Waals surface area contributed by atoms with Crippen LogP contribution in [0.2, 0.25) is 0 Å². The highest BCUT2D eigenvalue weighted by Crippen LogP contribution is 2.19. The minimum atomic E-state index is -0.454. The Labute approximate surface area is 156 Å². The van der Waals surface area contributed by atoms with Crippen LogP contribution in [-0.2, 0) is 4.79 Å². The van der Waals surface area contributed by atoms with Gasteiger partial charge in [0.2, 0.25) is 5.91 Å². The number of para-hydroxylation sites is 1. The average molecular weight is 370 g/mol. The Morgan fingerprint density at radius 1 is 1.11 bits per heavy atom. The summed E-state index contributed by atoms with van der Waals surface area (Å²) in [6.45, 7) is 2.49. The topological polar surface area (TPSA) is 104 Å². The predicted octanol–water partition coefficient (Wildman–Crippen LogP) is 2.29. The van der Waals surface area contributed by atoms with Crippen LogP contribution < -0.4 is 16.2 Å². The van der Waals surface area contributed by atoms with Gasteiger partial charge in [0.05, 0.1) is 17.7 Å². The predicted molar refractivity (Wildman–Crippen MR) is 98.8 cm³/mol. The highest BCUT2D eigenvalue weighted by molar-refractivity contribution is 5.96. The van der Waals surface area contributed by atoms with Crippen LogP contribution in [0.4, 0.5) is 10.5 Å². The first kappa shape index (κ1) is 18.5. The molecule has 1 fully saturated rings. The molecule has 3 rings (SSSR count). The van der Waals surface area contributed by atoms with Gasteiger partial charge in [-0.05, 0) is 38.0 Å². The molecule has 1 aliphatic rings. The Hall–Kier alpha value is -3.29. The van der Waals surface area contributed by atoms with E-state index >= 15 is 0 Å². The Kier molecular flexibility index (Phi) is 5.75. The Morgan fingerprint density at radius 2 is 1.89 bits per heavy atom. The molecule has 0 aliphatic carbocycles.